The maximum Gasteiger partial charge on any atom is 0.246 e. The molecule has 0 aliphatic carbocycles. The summed E-state index contributed by atoms with van der Waals surface area (Å²) in [6.07, 6.45) is 0.143. The van der Waals surface area contributed by atoms with Crippen LogP contribution in [0.4, 0.5) is 5.69 Å². The molecule has 1 aliphatic rings. The monoisotopic (exact) mass is 268 g/mol. The largest absolute Gasteiger partial charge is 0.354 e. The lowest BCUT2D eigenvalue weighted by Gasteiger charge is -2.44. The normalized spacial score (nSPS) is 22.3. The van der Waals surface area contributed by atoms with E-state index < -0.39 is 6.04 Å². The Bertz CT molecular complexity index is 599. The Morgan fingerprint density at radius 2 is 2.15 bits per heavy atom. The Hall–Kier alpha value is -2.53. The van der Waals surface area contributed by atoms with Gasteiger partial charge < -0.3 is 9.80 Å². The van der Waals surface area contributed by atoms with Crippen LogP contribution in [0.2, 0.25) is 0 Å². The maximum atomic E-state index is 12.3. The van der Waals surface area contributed by atoms with Crippen LogP contribution in [0.3, 0.4) is 0 Å². The lowest BCUT2D eigenvalue weighted by Crippen LogP contribution is -2.60. The van der Waals surface area contributed by atoms with Gasteiger partial charge in [-0.1, -0.05) is 6.07 Å². The SMILES string of the molecule is CC1CN(C)C(=O)C(CC#N)N1c1cccc(C#N)c1. The number of carbonyl (C=O) groups excluding carboxylic acids is 1. The van der Waals surface area contributed by atoms with Crippen LogP contribution < -0.4 is 4.90 Å². The van der Waals surface area contributed by atoms with Gasteiger partial charge in [0.2, 0.25) is 5.91 Å². The van der Waals surface area contributed by atoms with Gasteiger partial charge >= 0.3 is 0 Å². The topological polar surface area (TPSA) is 71.1 Å². The lowest BCUT2D eigenvalue weighted by molar-refractivity contribution is -0.133. The van der Waals surface area contributed by atoms with Gasteiger partial charge in [0.05, 0.1) is 24.1 Å². The van der Waals surface area contributed by atoms with E-state index >= 15 is 0 Å². The second-order valence-corrected chi connectivity index (χ2v) is 5.02. The summed E-state index contributed by atoms with van der Waals surface area (Å²) in [7, 11) is 1.76. The molecular weight excluding hydrogens is 252 g/mol. The Balaban J connectivity index is 2.42. The standard InChI is InChI=1S/C15H16N4O/c1-11-10-18(2)15(20)14(6-7-16)19(11)13-5-3-4-12(8-13)9-17/h3-5,8,11,14H,6,10H2,1-2H3. The summed E-state index contributed by atoms with van der Waals surface area (Å²) in [6.45, 7) is 2.63. The molecule has 0 radical (unpaired) electrons. The van der Waals surface area contributed by atoms with E-state index in [1.807, 2.05) is 17.9 Å². The minimum atomic E-state index is -0.484. The van der Waals surface area contributed by atoms with Crippen LogP contribution in [0.25, 0.3) is 0 Å². The fourth-order valence-electron chi connectivity index (χ4n) is 2.70. The summed E-state index contributed by atoms with van der Waals surface area (Å²) >= 11 is 0. The number of hydrogen-bond acceptors (Lipinski definition) is 4. The highest BCUT2D eigenvalue weighted by Gasteiger charge is 2.37. The number of anilines is 1. The van der Waals surface area contributed by atoms with Crippen LogP contribution in [-0.2, 0) is 4.79 Å². The molecule has 0 aromatic heterocycles. The third-order valence-corrected chi connectivity index (χ3v) is 3.57. The van der Waals surface area contributed by atoms with Gasteiger partial charge in [-0.2, -0.15) is 10.5 Å². The van der Waals surface area contributed by atoms with Crippen LogP contribution in [-0.4, -0.2) is 36.5 Å². The first kappa shape index (κ1) is 13.9. The average molecular weight is 268 g/mol. The van der Waals surface area contributed by atoms with Crippen molar-refractivity contribution in [1.82, 2.24) is 4.90 Å². The number of nitrogens with zero attached hydrogens (tertiary/aromatic N) is 4. The van der Waals surface area contributed by atoms with Crippen molar-refractivity contribution in [2.24, 2.45) is 0 Å². The highest BCUT2D eigenvalue weighted by molar-refractivity contribution is 5.87. The quantitative estimate of drug-likeness (QED) is 0.815. The number of carbonyl (C=O) groups is 1. The van der Waals surface area contributed by atoms with Crippen LogP contribution in [0.1, 0.15) is 18.9 Å². The number of benzene rings is 1. The van der Waals surface area contributed by atoms with Crippen molar-refractivity contribution < 1.29 is 4.79 Å². The molecule has 1 fully saturated rings. The molecule has 1 saturated heterocycles. The molecule has 5 nitrogen and oxygen atoms in total. The number of piperazine rings is 1. The van der Waals surface area contributed by atoms with Crippen LogP contribution in [0.5, 0.6) is 0 Å². The zero-order valence-electron chi connectivity index (χ0n) is 11.6. The van der Waals surface area contributed by atoms with E-state index in [1.165, 1.54) is 0 Å². The molecule has 0 N–H and O–H groups in total. The van der Waals surface area contributed by atoms with Crippen LogP contribution in [0, 0.1) is 22.7 Å². The number of hydrogen-bond donors (Lipinski definition) is 0. The summed E-state index contributed by atoms with van der Waals surface area (Å²) in [5.41, 5.74) is 1.37. The Morgan fingerprint density at radius 1 is 1.40 bits per heavy atom. The zero-order chi connectivity index (χ0) is 14.7. The molecule has 0 spiro atoms. The predicted octanol–water partition coefficient (Wildman–Crippen LogP) is 1.51. The van der Waals surface area contributed by atoms with Crippen molar-refractivity contribution in [1.29, 1.82) is 10.5 Å². The molecule has 2 rings (SSSR count). The van der Waals surface area contributed by atoms with Crippen molar-refractivity contribution in [3.05, 3.63) is 29.8 Å². The first-order valence-electron chi connectivity index (χ1n) is 6.49. The van der Waals surface area contributed by atoms with Crippen LogP contribution >= 0.6 is 0 Å². The molecule has 1 aromatic carbocycles. The molecular formula is C15H16N4O. The van der Waals surface area contributed by atoms with E-state index in [0.29, 0.717) is 12.1 Å². The Kier molecular flexibility index (Phi) is 3.91. The van der Waals surface area contributed by atoms with Gasteiger partial charge in [-0.05, 0) is 25.1 Å². The first-order chi connectivity index (χ1) is 9.58. The Morgan fingerprint density at radius 3 is 2.80 bits per heavy atom. The number of likely N-dealkylation sites (N-methyl/N-ethyl adjacent to an activating group) is 1. The van der Waals surface area contributed by atoms with Gasteiger partial charge in [0, 0.05) is 25.3 Å². The van der Waals surface area contributed by atoms with Crippen molar-refractivity contribution in [2.75, 3.05) is 18.5 Å². The summed E-state index contributed by atoms with van der Waals surface area (Å²) in [4.78, 5) is 15.9. The van der Waals surface area contributed by atoms with Gasteiger partial charge in [0.1, 0.15) is 6.04 Å². The fourth-order valence-corrected chi connectivity index (χ4v) is 2.70. The van der Waals surface area contributed by atoms with Gasteiger partial charge in [-0.25, -0.2) is 0 Å². The van der Waals surface area contributed by atoms with Crippen molar-refractivity contribution in [2.45, 2.75) is 25.4 Å². The third kappa shape index (κ3) is 2.44. The summed E-state index contributed by atoms with van der Waals surface area (Å²) in [5.74, 6) is -0.0491. The summed E-state index contributed by atoms with van der Waals surface area (Å²) in [5, 5.41) is 18.0. The van der Waals surface area contributed by atoms with E-state index in [0.717, 1.165) is 5.69 Å². The highest BCUT2D eigenvalue weighted by atomic mass is 16.2. The predicted molar refractivity (Wildman–Crippen MR) is 74.8 cm³/mol. The molecule has 0 bridgehead atoms. The molecule has 1 aliphatic heterocycles. The van der Waals surface area contributed by atoms with Gasteiger partial charge in [-0.3, -0.25) is 4.79 Å². The van der Waals surface area contributed by atoms with Crippen LogP contribution in [0.15, 0.2) is 24.3 Å². The lowest BCUT2D eigenvalue weighted by atomic mass is 10.0. The summed E-state index contributed by atoms with van der Waals surface area (Å²) < 4.78 is 0. The molecule has 1 heterocycles. The smallest absolute Gasteiger partial charge is 0.246 e. The molecule has 1 amide bonds. The van der Waals surface area contributed by atoms with E-state index in [9.17, 15) is 4.79 Å². The maximum absolute atomic E-state index is 12.3. The first-order valence-corrected chi connectivity index (χ1v) is 6.49. The molecule has 1 aromatic rings. The minimum Gasteiger partial charge on any atom is -0.354 e. The Labute approximate surface area is 118 Å². The van der Waals surface area contributed by atoms with Crippen molar-refractivity contribution in [3.63, 3.8) is 0 Å². The third-order valence-electron chi connectivity index (χ3n) is 3.57. The zero-order valence-corrected chi connectivity index (χ0v) is 11.6. The van der Waals surface area contributed by atoms with E-state index in [4.69, 9.17) is 10.5 Å². The van der Waals surface area contributed by atoms with E-state index in [1.54, 1.807) is 30.1 Å². The van der Waals surface area contributed by atoms with E-state index in [-0.39, 0.29) is 18.4 Å². The van der Waals surface area contributed by atoms with Crippen molar-refractivity contribution in [3.8, 4) is 12.1 Å². The molecule has 0 saturated carbocycles. The van der Waals surface area contributed by atoms with Gasteiger partial charge in [0.15, 0.2) is 0 Å². The number of amides is 1. The van der Waals surface area contributed by atoms with Gasteiger partial charge in [-0.15, -0.1) is 0 Å². The summed E-state index contributed by atoms with van der Waals surface area (Å²) in [6, 6.07) is 11.0. The molecule has 20 heavy (non-hydrogen) atoms. The number of rotatable bonds is 2. The van der Waals surface area contributed by atoms with Crippen molar-refractivity contribution >= 4 is 11.6 Å². The highest BCUT2D eigenvalue weighted by Crippen LogP contribution is 2.27. The van der Waals surface area contributed by atoms with Gasteiger partial charge in [0.25, 0.3) is 0 Å². The fraction of sp³-hybridized carbons (Fsp3) is 0.400. The molecule has 102 valence electrons. The second kappa shape index (κ2) is 5.63. The molecule has 2 atom stereocenters. The average Bonchev–Trinajstić information content (AvgIpc) is 2.45. The second-order valence-electron chi connectivity index (χ2n) is 5.02. The molecule has 2 unspecified atom stereocenters. The number of nitriles is 2. The molecule has 5 heteroatoms. The van der Waals surface area contributed by atoms with E-state index in [2.05, 4.69) is 12.1 Å². The minimum absolute atomic E-state index is 0.0491.